The van der Waals surface area contributed by atoms with Gasteiger partial charge in [-0.2, -0.15) is 0 Å². The van der Waals surface area contributed by atoms with Crippen molar-refractivity contribution in [2.75, 3.05) is 0 Å². The molecule has 1 spiro atoms. The molecule has 80 valence electrons. The fourth-order valence-corrected chi connectivity index (χ4v) is 5.20. The average Bonchev–Trinajstić information content (AvgIpc) is 2.70. The number of hydrogen-bond donors (Lipinski definition) is 1. The van der Waals surface area contributed by atoms with Crippen molar-refractivity contribution in [3.05, 3.63) is 0 Å². The van der Waals surface area contributed by atoms with E-state index in [4.69, 9.17) is 0 Å². The van der Waals surface area contributed by atoms with Gasteiger partial charge in [0.05, 0.1) is 6.10 Å². The summed E-state index contributed by atoms with van der Waals surface area (Å²) in [5.41, 5.74) is 0.828. The Kier molecular flexibility index (Phi) is 1.68. The van der Waals surface area contributed by atoms with Gasteiger partial charge in [0.1, 0.15) is 0 Å². The molecule has 3 fully saturated rings. The lowest BCUT2D eigenvalue weighted by Gasteiger charge is -2.40. The standard InChI is InChI=1S/C13H22O/c1-9-3-7-13-8-5-11(14)12(13,2)6-4-10(9)13/h9-11,14H,3-8H2,1-2H3. The first-order chi connectivity index (χ1) is 6.60. The summed E-state index contributed by atoms with van der Waals surface area (Å²) in [4.78, 5) is 0. The van der Waals surface area contributed by atoms with Crippen molar-refractivity contribution in [2.24, 2.45) is 22.7 Å². The van der Waals surface area contributed by atoms with Gasteiger partial charge in [-0.15, -0.1) is 0 Å². The van der Waals surface area contributed by atoms with Gasteiger partial charge in [-0.1, -0.05) is 13.8 Å². The Morgan fingerprint density at radius 2 is 1.79 bits per heavy atom. The first-order valence-corrected chi connectivity index (χ1v) is 6.28. The van der Waals surface area contributed by atoms with Crippen molar-refractivity contribution >= 4 is 0 Å². The summed E-state index contributed by atoms with van der Waals surface area (Å²) in [5, 5.41) is 10.2. The molecular formula is C13H22O. The largest absolute Gasteiger partial charge is 0.393 e. The van der Waals surface area contributed by atoms with E-state index in [0.29, 0.717) is 5.41 Å². The smallest absolute Gasteiger partial charge is 0.0599 e. The molecule has 0 bridgehead atoms. The van der Waals surface area contributed by atoms with E-state index in [9.17, 15) is 5.11 Å². The first kappa shape index (κ1) is 9.21. The van der Waals surface area contributed by atoms with Crippen molar-refractivity contribution in [3.63, 3.8) is 0 Å². The van der Waals surface area contributed by atoms with Crippen LogP contribution in [0.2, 0.25) is 0 Å². The minimum absolute atomic E-state index is 0.00204. The molecule has 1 nitrogen and oxygen atoms in total. The van der Waals surface area contributed by atoms with Gasteiger partial charge in [0.25, 0.3) is 0 Å². The molecule has 0 saturated heterocycles. The minimum Gasteiger partial charge on any atom is -0.393 e. The lowest BCUT2D eigenvalue weighted by molar-refractivity contribution is 0.00152. The van der Waals surface area contributed by atoms with Crippen LogP contribution in [0.4, 0.5) is 0 Å². The van der Waals surface area contributed by atoms with E-state index >= 15 is 0 Å². The topological polar surface area (TPSA) is 20.2 Å². The van der Waals surface area contributed by atoms with E-state index < -0.39 is 0 Å². The highest BCUT2D eigenvalue weighted by molar-refractivity contribution is 5.15. The zero-order valence-corrected chi connectivity index (χ0v) is 9.42. The Labute approximate surface area is 86.9 Å². The van der Waals surface area contributed by atoms with Crippen LogP contribution in [-0.2, 0) is 0 Å². The van der Waals surface area contributed by atoms with Crippen LogP contribution >= 0.6 is 0 Å². The van der Waals surface area contributed by atoms with Crippen LogP contribution in [0.15, 0.2) is 0 Å². The minimum atomic E-state index is -0.00204. The van der Waals surface area contributed by atoms with Crippen LogP contribution < -0.4 is 0 Å². The third kappa shape index (κ3) is 0.778. The highest BCUT2D eigenvalue weighted by Crippen LogP contribution is 2.72. The second-order valence-electron chi connectivity index (χ2n) is 6.29. The van der Waals surface area contributed by atoms with Crippen molar-refractivity contribution in [1.82, 2.24) is 0 Å². The molecule has 0 radical (unpaired) electrons. The molecule has 14 heavy (non-hydrogen) atoms. The Hall–Kier alpha value is -0.0400. The summed E-state index contributed by atoms with van der Waals surface area (Å²) >= 11 is 0. The fourth-order valence-electron chi connectivity index (χ4n) is 5.20. The maximum absolute atomic E-state index is 10.2. The maximum atomic E-state index is 10.2. The van der Waals surface area contributed by atoms with Crippen LogP contribution in [0.5, 0.6) is 0 Å². The third-order valence-corrected chi connectivity index (χ3v) is 6.15. The molecule has 0 aromatic heterocycles. The van der Waals surface area contributed by atoms with Gasteiger partial charge in [0.15, 0.2) is 0 Å². The van der Waals surface area contributed by atoms with Crippen molar-refractivity contribution in [2.45, 2.75) is 58.5 Å². The van der Waals surface area contributed by atoms with Gasteiger partial charge in [-0.05, 0) is 61.2 Å². The van der Waals surface area contributed by atoms with E-state index in [2.05, 4.69) is 13.8 Å². The lowest BCUT2D eigenvalue weighted by Crippen LogP contribution is -2.38. The molecule has 5 atom stereocenters. The fraction of sp³-hybridized carbons (Fsp3) is 1.00. The van der Waals surface area contributed by atoms with E-state index in [1.54, 1.807) is 0 Å². The Morgan fingerprint density at radius 1 is 1.07 bits per heavy atom. The van der Waals surface area contributed by atoms with Crippen LogP contribution in [0.25, 0.3) is 0 Å². The van der Waals surface area contributed by atoms with Gasteiger partial charge in [-0.3, -0.25) is 0 Å². The SMILES string of the molecule is CC1CCC23CCC(O)C2(C)CCC13. The summed E-state index contributed by atoms with van der Waals surface area (Å²) in [7, 11) is 0. The molecule has 3 aliphatic carbocycles. The molecule has 3 saturated carbocycles. The lowest BCUT2D eigenvalue weighted by atomic mass is 9.65. The predicted octanol–water partition coefficient (Wildman–Crippen LogP) is 2.97. The molecule has 3 aliphatic rings. The molecule has 1 N–H and O–H groups in total. The second-order valence-corrected chi connectivity index (χ2v) is 6.29. The summed E-state index contributed by atoms with van der Waals surface area (Å²) in [6.45, 7) is 4.79. The van der Waals surface area contributed by atoms with Crippen molar-refractivity contribution in [3.8, 4) is 0 Å². The van der Waals surface area contributed by atoms with Crippen LogP contribution in [0.1, 0.15) is 52.4 Å². The summed E-state index contributed by atoms with van der Waals surface area (Å²) in [6, 6.07) is 0. The summed E-state index contributed by atoms with van der Waals surface area (Å²) < 4.78 is 0. The van der Waals surface area contributed by atoms with Gasteiger partial charge in [0.2, 0.25) is 0 Å². The Balaban J connectivity index is 2.04. The highest BCUT2D eigenvalue weighted by Gasteiger charge is 2.66. The van der Waals surface area contributed by atoms with Crippen molar-refractivity contribution < 1.29 is 5.11 Å². The molecule has 5 unspecified atom stereocenters. The molecule has 0 aliphatic heterocycles. The van der Waals surface area contributed by atoms with Gasteiger partial charge in [-0.25, -0.2) is 0 Å². The number of aliphatic hydroxyl groups is 1. The van der Waals surface area contributed by atoms with Gasteiger partial charge < -0.3 is 5.11 Å². The molecule has 0 aromatic rings. The summed E-state index contributed by atoms with van der Waals surface area (Å²) in [5.74, 6) is 1.85. The van der Waals surface area contributed by atoms with Gasteiger partial charge in [0, 0.05) is 0 Å². The van der Waals surface area contributed by atoms with Gasteiger partial charge >= 0.3 is 0 Å². The number of hydrogen-bond acceptors (Lipinski definition) is 1. The van der Waals surface area contributed by atoms with E-state index in [0.717, 1.165) is 18.3 Å². The van der Waals surface area contributed by atoms with E-state index in [1.807, 2.05) is 0 Å². The monoisotopic (exact) mass is 194 g/mol. The zero-order valence-electron chi connectivity index (χ0n) is 9.42. The zero-order chi connectivity index (χ0) is 9.97. The Morgan fingerprint density at radius 3 is 2.57 bits per heavy atom. The molecule has 0 heterocycles. The second kappa shape index (κ2) is 2.55. The molecule has 1 heteroatoms. The molecule has 0 amide bonds. The normalized spacial score (nSPS) is 61.5. The van der Waals surface area contributed by atoms with Crippen molar-refractivity contribution in [1.29, 1.82) is 0 Å². The number of aliphatic hydroxyl groups excluding tert-OH is 1. The average molecular weight is 194 g/mol. The first-order valence-electron chi connectivity index (χ1n) is 6.28. The van der Waals surface area contributed by atoms with Crippen LogP contribution in [0, 0.1) is 22.7 Å². The molecule has 0 aromatic carbocycles. The van der Waals surface area contributed by atoms with E-state index in [-0.39, 0.29) is 11.5 Å². The molecule has 3 rings (SSSR count). The maximum Gasteiger partial charge on any atom is 0.0599 e. The van der Waals surface area contributed by atoms with Crippen LogP contribution in [-0.4, -0.2) is 11.2 Å². The highest BCUT2D eigenvalue weighted by atomic mass is 16.3. The number of rotatable bonds is 0. The third-order valence-electron chi connectivity index (χ3n) is 6.15. The predicted molar refractivity (Wildman–Crippen MR) is 56.9 cm³/mol. The van der Waals surface area contributed by atoms with Crippen LogP contribution in [0.3, 0.4) is 0 Å². The molecular weight excluding hydrogens is 172 g/mol. The Bertz CT molecular complexity index is 258. The summed E-state index contributed by atoms with van der Waals surface area (Å²) in [6.07, 6.45) is 7.84. The quantitative estimate of drug-likeness (QED) is 0.628. The van der Waals surface area contributed by atoms with E-state index in [1.165, 1.54) is 32.1 Å².